The molecule has 0 atom stereocenters. The first kappa shape index (κ1) is 14.0. The zero-order chi connectivity index (χ0) is 14.0. The minimum atomic E-state index is -0.425. The first-order valence-corrected chi connectivity index (χ1v) is 7.17. The van der Waals surface area contributed by atoms with Crippen molar-refractivity contribution in [1.82, 2.24) is 0 Å². The standard InChI is InChI=1S/C13H20N2O3S/c1-4-13(5-6-13)7-15-11-9(17-2)8(14)10(19-11)12(16)18-3/h15H,4-7,14H2,1-3H3. The van der Waals surface area contributed by atoms with Gasteiger partial charge >= 0.3 is 5.97 Å². The maximum Gasteiger partial charge on any atom is 0.350 e. The Hall–Kier alpha value is -1.43. The molecule has 6 heteroatoms. The number of ether oxygens (including phenoxy) is 2. The molecule has 3 N–H and O–H groups in total. The third-order valence-corrected chi connectivity index (χ3v) is 4.93. The summed E-state index contributed by atoms with van der Waals surface area (Å²) in [5.41, 5.74) is 6.69. The Bertz CT molecular complexity index is 480. The zero-order valence-corrected chi connectivity index (χ0v) is 12.4. The maximum atomic E-state index is 11.6. The minimum absolute atomic E-state index is 0.350. The predicted molar refractivity (Wildman–Crippen MR) is 77.1 cm³/mol. The van der Waals surface area contributed by atoms with Crippen molar-refractivity contribution in [3.05, 3.63) is 4.88 Å². The number of carbonyl (C=O) groups excluding carboxylic acids is 1. The van der Waals surface area contributed by atoms with Gasteiger partial charge in [0.1, 0.15) is 15.6 Å². The molecule has 1 aliphatic rings. The van der Waals surface area contributed by atoms with Crippen LogP contribution in [0.2, 0.25) is 0 Å². The summed E-state index contributed by atoms with van der Waals surface area (Å²) in [5, 5.41) is 4.17. The van der Waals surface area contributed by atoms with E-state index in [1.807, 2.05) is 0 Å². The lowest BCUT2D eigenvalue weighted by molar-refractivity contribution is 0.0607. The monoisotopic (exact) mass is 284 g/mol. The van der Waals surface area contributed by atoms with Gasteiger partial charge in [-0.2, -0.15) is 0 Å². The van der Waals surface area contributed by atoms with Crippen LogP contribution in [0.5, 0.6) is 5.75 Å². The third-order valence-electron chi connectivity index (χ3n) is 3.81. The summed E-state index contributed by atoms with van der Waals surface area (Å²) in [6.07, 6.45) is 3.67. The molecular formula is C13H20N2O3S. The molecule has 0 aliphatic heterocycles. The largest absolute Gasteiger partial charge is 0.492 e. The molecule has 1 fully saturated rings. The molecule has 19 heavy (non-hydrogen) atoms. The van der Waals surface area contributed by atoms with Gasteiger partial charge in [-0.1, -0.05) is 6.92 Å². The number of rotatable bonds is 6. The topological polar surface area (TPSA) is 73.6 Å². The molecule has 0 spiro atoms. The van der Waals surface area contributed by atoms with E-state index >= 15 is 0 Å². The van der Waals surface area contributed by atoms with E-state index in [2.05, 4.69) is 12.2 Å². The number of nitrogens with one attached hydrogen (secondary N) is 1. The van der Waals surface area contributed by atoms with Crippen LogP contribution in [-0.2, 0) is 4.74 Å². The zero-order valence-electron chi connectivity index (χ0n) is 11.5. The van der Waals surface area contributed by atoms with Crippen LogP contribution >= 0.6 is 11.3 Å². The highest BCUT2D eigenvalue weighted by atomic mass is 32.1. The number of nitrogen functional groups attached to an aromatic ring is 1. The first-order chi connectivity index (χ1) is 9.06. The number of carbonyl (C=O) groups is 1. The molecule has 0 unspecified atom stereocenters. The summed E-state index contributed by atoms with van der Waals surface area (Å²) in [6.45, 7) is 3.09. The van der Waals surface area contributed by atoms with Crippen LogP contribution in [0.1, 0.15) is 35.9 Å². The average Bonchev–Trinajstić information content (AvgIpc) is 3.14. The van der Waals surface area contributed by atoms with E-state index in [-0.39, 0.29) is 0 Å². The van der Waals surface area contributed by atoms with Crippen LogP contribution in [0.3, 0.4) is 0 Å². The quantitative estimate of drug-likeness (QED) is 0.786. The number of esters is 1. The highest BCUT2D eigenvalue weighted by Gasteiger charge is 2.40. The Morgan fingerprint density at radius 2 is 2.16 bits per heavy atom. The smallest absolute Gasteiger partial charge is 0.350 e. The van der Waals surface area contributed by atoms with Crippen LogP contribution < -0.4 is 15.8 Å². The van der Waals surface area contributed by atoms with E-state index in [0.29, 0.717) is 21.7 Å². The summed E-state index contributed by atoms with van der Waals surface area (Å²) in [4.78, 5) is 12.0. The normalized spacial score (nSPS) is 15.9. The van der Waals surface area contributed by atoms with Gasteiger partial charge in [-0.25, -0.2) is 4.79 Å². The number of anilines is 2. The van der Waals surface area contributed by atoms with Crippen LogP contribution in [-0.4, -0.2) is 26.7 Å². The van der Waals surface area contributed by atoms with Crippen LogP contribution in [0.4, 0.5) is 10.7 Å². The summed E-state index contributed by atoms with van der Waals surface area (Å²) in [6, 6.07) is 0. The fourth-order valence-corrected chi connectivity index (χ4v) is 3.10. The Morgan fingerprint density at radius 1 is 1.47 bits per heavy atom. The second kappa shape index (κ2) is 5.28. The molecule has 2 rings (SSSR count). The summed E-state index contributed by atoms with van der Waals surface area (Å²) >= 11 is 1.29. The molecule has 1 aromatic rings. The van der Waals surface area contributed by atoms with Crippen molar-refractivity contribution in [2.45, 2.75) is 26.2 Å². The first-order valence-electron chi connectivity index (χ1n) is 6.35. The molecule has 0 aromatic carbocycles. The van der Waals surface area contributed by atoms with Gasteiger partial charge < -0.3 is 20.5 Å². The minimum Gasteiger partial charge on any atom is -0.492 e. The molecular weight excluding hydrogens is 264 g/mol. The molecule has 1 heterocycles. The number of thiophene rings is 1. The van der Waals surface area contributed by atoms with Gasteiger partial charge in [-0.15, -0.1) is 11.3 Å². The van der Waals surface area contributed by atoms with E-state index in [4.69, 9.17) is 15.2 Å². The molecule has 1 aliphatic carbocycles. The number of hydrogen-bond donors (Lipinski definition) is 2. The van der Waals surface area contributed by atoms with Gasteiger partial charge in [0.25, 0.3) is 0 Å². The molecule has 1 saturated carbocycles. The molecule has 106 valence electrons. The van der Waals surface area contributed by atoms with Gasteiger partial charge in [-0.05, 0) is 24.7 Å². The second-order valence-electron chi connectivity index (χ2n) is 4.91. The van der Waals surface area contributed by atoms with Crippen molar-refractivity contribution < 1.29 is 14.3 Å². The van der Waals surface area contributed by atoms with E-state index < -0.39 is 5.97 Å². The van der Waals surface area contributed by atoms with Gasteiger partial charge in [-0.3, -0.25) is 0 Å². The SMILES string of the molecule is CCC1(CNc2sc(C(=O)OC)c(N)c2OC)CC1. The van der Waals surface area contributed by atoms with Crippen LogP contribution in [0, 0.1) is 5.41 Å². The lowest BCUT2D eigenvalue weighted by atomic mass is 10.0. The highest BCUT2D eigenvalue weighted by Crippen LogP contribution is 2.50. The second-order valence-corrected chi connectivity index (χ2v) is 5.93. The van der Waals surface area contributed by atoms with Crippen molar-refractivity contribution in [1.29, 1.82) is 0 Å². The molecule has 0 saturated heterocycles. The van der Waals surface area contributed by atoms with Crippen molar-refractivity contribution in [2.24, 2.45) is 5.41 Å². The fraction of sp³-hybridized carbons (Fsp3) is 0.615. The highest BCUT2D eigenvalue weighted by molar-refractivity contribution is 7.19. The lowest BCUT2D eigenvalue weighted by Crippen LogP contribution is -2.14. The lowest BCUT2D eigenvalue weighted by Gasteiger charge is -2.14. The number of methoxy groups -OCH3 is 2. The molecule has 0 amide bonds. The summed E-state index contributed by atoms with van der Waals surface area (Å²) in [7, 11) is 2.90. The van der Waals surface area contributed by atoms with E-state index in [1.54, 1.807) is 7.11 Å². The van der Waals surface area contributed by atoms with Crippen molar-refractivity contribution >= 4 is 28.0 Å². The Morgan fingerprint density at radius 3 is 2.63 bits per heavy atom. The Labute approximate surface area is 117 Å². The Kier molecular flexibility index (Phi) is 3.89. The van der Waals surface area contributed by atoms with Gasteiger partial charge in [0.2, 0.25) is 0 Å². The fourth-order valence-electron chi connectivity index (χ4n) is 2.09. The van der Waals surface area contributed by atoms with Gasteiger partial charge in [0.05, 0.1) is 14.2 Å². The van der Waals surface area contributed by atoms with E-state index in [0.717, 1.165) is 18.0 Å². The van der Waals surface area contributed by atoms with Gasteiger partial charge in [0, 0.05) is 6.54 Å². The summed E-state index contributed by atoms with van der Waals surface area (Å²) < 4.78 is 10.0. The van der Waals surface area contributed by atoms with Crippen molar-refractivity contribution in [3.63, 3.8) is 0 Å². The number of nitrogens with two attached hydrogens (primary N) is 1. The molecule has 0 bridgehead atoms. The summed E-state index contributed by atoms with van der Waals surface area (Å²) in [5.74, 6) is 0.114. The maximum absolute atomic E-state index is 11.6. The van der Waals surface area contributed by atoms with E-state index in [9.17, 15) is 4.79 Å². The van der Waals surface area contributed by atoms with E-state index in [1.165, 1.54) is 31.3 Å². The van der Waals surface area contributed by atoms with Crippen LogP contribution in [0.25, 0.3) is 0 Å². The van der Waals surface area contributed by atoms with Crippen molar-refractivity contribution in [3.8, 4) is 5.75 Å². The Balaban J connectivity index is 2.17. The molecule has 1 aromatic heterocycles. The van der Waals surface area contributed by atoms with Gasteiger partial charge in [0.15, 0.2) is 5.75 Å². The molecule has 5 nitrogen and oxygen atoms in total. The third kappa shape index (κ3) is 2.63. The molecule has 0 radical (unpaired) electrons. The number of hydrogen-bond acceptors (Lipinski definition) is 6. The predicted octanol–water partition coefficient (Wildman–Crippen LogP) is 2.73. The van der Waals surface area contributed by atoms with Crippen molar-refractivity contribution in [2.75, 3.05) is 31.8 Å². The van der Waals surface area contributed by atoms with Crippen LogP contribution in [0.15, 0.2) is 0 Å². The average molecular weight is 284 g/mol.